The Bertz CT molecular complexity index is 1070. The molecule has 3 aromatic rings. The molecule has 5 heteroatoms. The van der Waals surface area contributed by atoms with E-state index in [0.717, 1.165) is 48.3 Å². The first kappa shape index (κ1) is 21.0. The predicted octanol–water partition coefficient (Wildman–Crippen LogP) is 5.15. The van der Waals surface area contributed by atoms with E-state index in [4.69, 9.17) is 9.72 Å². The fourth-order valence-corrected chi connectivity index (χ4v) is 4.26. The zero-order chi connectivity index (χ0) is 21.8. The van der Waals surface area contributed by atoms with Crippen molar-refractivity contribution in [2.45, 2.75) is 32.1 Å². The van der Waals surface area contributed by atoms with Gasteiger partial charge in [0.1, 0.15) is 11.6 Å². The van der Waals surface area contributed by atoms with Crippen molar-refractivity contribution in [1.82, 2.24) is 9.88 Å². The van der Waals surface area contributed by atoms with Gasteiger partial charge in [-0.15, -0.1) is 0 Å². The molecule has 2 heterocycles. The smallest absolute Gasteiger partial charge is 0.254 e. The number of piperidine rings is 1. The first-order valence-electron chi connectivity index (χ1n) is 10.7. The number of rotatable bonds is 5. The summed E-state index contributed by atoms with van der Waals surface area (Å²) in [6.07, 6.45) is 2.69. The summed E-state index contributed by atoms with van der Waals surface area (Å²) in [6, 6.07) is 18.2. The van der Waals surface area contributed by atoms with Gasteiger partial charge in [-0.2, -0.15) is 0 Å². The van der Waals surface area contributed by atoms with Crippen LogP contribution in [0.15, 0.2) is 60.7 Å². The van der Waals surface area contributed by atoms with Crippen LogP contribution in [-0.2, 0) is 6.42 Å². The maximum Gasteiger partial charge on any atom is 0.254 e. The molecule has 1 fully saturated rings. The molecule has 31 heavy (non-hydrogen) atoms. The number of benzene rings is 2. The minimum absolute atomic E-state index is 0.0304. The number of ether oxygens (including phenoxy) is 1. The Kier molecular flexibility index (Phi) is 6.31. The largest absolute Gasteiger partial charge is 0.497 e. The lowest BCUT2D eigenvalue weighted by Gasteiger charge is -2.33. The maximum absolute atomic E-state index is 13.2. The molecule has 1 saturated heterocycles. The zero-order valence-electron chi connectivity index (χ0n) is 18.0. The zero-order valence-corrected chi connectivity index (χ0v) is 18.0. The van der Waals surface area contributed by atoms with E-state index < -0.39 is 0 Å². The summed E-state index contributed by atoms with van der Waals surface area (Å²) >= 11 is 0. The lowest BCUT2D eigenvalue weighted by Crippen LogP contribution is -2.39. The van der Waals surface area contributed by atoms with Crippen LogP contribution < -0.4 is 4.74 Å². The number of hydrogen-bond acceptors (Lipinski definition) is 3. The first-order valence-corrected chi connectivity index (χ1v) is 10.7. The van der Waals surface area contributed by atoms with Crippen LogP contribution in [0.4, 0.5) is 4.39 Å². The van der Waals surface area contributed by atoms with Gasteiger partial charge in [0.25, 0.3) is 5.91 Å². The Labute approximate surface area is 182 Å². The number of hydrogen-bond donors (Lipinski definition) is 0. The van der Waals surface area contributed by atoms with E-state index in [9.17, 15) is 9.18 Å². The molecule has 1 amide bonds. The van der Waals surface area contributed by atoms with E-state index in [-0.39, 0.29) is 17.6 Å². The summed E-state index contributed by atoms with van der Waals surface area (Å²) in [7, 11) is 1.60. The van der Waals surface area contributed by atoms with Crippen molar-refractivity contribution < 1.29 is 13.9 Å². The number of aromatic nitrogens is 1. The van der Waals surface area contributed by atoms with Gasteiger partial charge in [0.05, 0.1) is 7.11 Å². The van der Waals surface area contributed by atoms with Crippen LogP contribution in [0, 0.1) is 12.7 Å². The summed E-state index contributed by atoms with van der Waals surface area (Å²) in [4.78, 5) is 19.8. The molecule has 0 saturated carbocycles. The normalized spacial score (nSPS) is 16.2. The third kappa shape index (κ3) is 5.10. The van der Waals surface area contributed by atoms with Gasteiger partial charge in [-0.25, -0.2) is 4.39 Å². The van der Waals surface area contributed by atoms with Crippen LogP contribution >= 0.6 is 0 Å². The van der Waals surface area contributed by atoms with Crippen LogP contribution in [0.2, 0.25) is 0 Å². The van der Waals surface area contributed by atoms with Crippen LogP contribution in [-0.4, -0.2) is 36.0 Å². The second-order valence-corrected chi connectivity index (χ2v) is 8.17. The highest BCUT2D eigenvalue weighted by Crippen LogP contribution is 2.28. The van der Waals surface area contributed by atoms with Crippen molar-refractivity contribution in [2.24, 2.45) is 0 Å². The maximum atomic E-state index is 13.2. The predicted molar refractivity (Wildman–Crippen MR) is 119 cm³/mol. The van der Waals surface area contributed by atoms with Crippen LogP contribution in [0.25, 0.3) is 0 Å². The Morgan fingerprint density at radius 3 is 2.71 bits per heavy atom. The molecule has 2 aromatic carbocycles. The second kappa shape index (κ2) is 9.29. The number of pyridine rings is 1. The number of aryl methyl sites for hydroxylation is 1. The van der Waals surface area contributed by atoms with Crippen molar-refractivity contribution in [3.63, 3.8) is 0 Å². The van der Waals surface area contributed by atoms with Gasteiger partial charge in [0.15, 0.2) is 0 Å². The Morgan fingerprint density at radius 2 is 1.94 bits per heavy atom. The number of carbonyl (C=O) groups is 1. The van der Waals surface area contributed by atoms with Crippen molar-refractivity contribution in [3.8, 4) is 5.75 Å². The molecule has 0 N–H and O–H groups in total. The molecule has 0 spiro atoms. The lowest BCUT2D eigenvalue weighted by molar-refractivity contribution is 0.0705. The van der Waals surface area contributed by atoms with E-state index in [1.165, 1.54) is 12.1 Å². The Morgan fingerprint density at radius 1 is 1.13 bits per heavy atom. The molecule has 0 unspecified atom stereocenters. The molecule has 1 aliphatic rings. The lowest BCUT2D eigenvalue weighted by atomic mass is 9.92. The van der Waals surface area contributed by atoms with Crippen LogP contribution in [0.3, 0.4) is 0 Å². The molecule has 160 valence electrons. The molecular formula is C26H27FN2O2. The van der Waals surface area contributed by atoms with Gasteiger partial charge < -0.3 is 9.64 Å². The minimum atomic E-state index is -0.224. The van der Waals surface area contributed by atoms with E-state index in [2.05, 4.69) is 12.1 Å². The van der Waals surface area contributed by atoms with Crippen LogP contribution in [0.1, 0.15) is 51.6 Å². The molecule has 4 nitrogen and oxygen atoms in total. The summed E-state index contributed by atoms with van der Waals surface area (Å²) in [5.41, 5.74) is 4.86. The summed E-state index contributed by atoms with van der Waals surface area (Å²) < 4.78 is 18.5. The second-order valence-electron chi connectivity index (χ2n) is 8.17. The standard InChI is InChI=1S/C26H27FN2O2/c1-18-13-20(14-19-8-10-23(27)11-9-19)15-25(28-18)22-6-4-12-29(17-22)26(30)21-5-3-7-24(16-21)31-2/h3,5,7-11,13,15-16,22H,4,6,12,14,17H2,1-2H3/t22-/m0/s1. The number of methoxy groups -OCH3 is 1. The Hall–Kier alpha value is -3.21. The van der Waals surface area contributed by atoms with Crippen LogP contribution in [0.5, 0.6) is 5.75 Å². The number of amides is 1. The molecule has 0 bridgehead atoms. The third-order valence-electron chi connectivity index (χ3n) is 5.80. The summed E-state index contributed by atoms with van der Waals surface area (Å²) in [5.74, 6) is 0.696. The highest BCUT2D eigenvalue weighted by atomic mass is 19.1. The molecule has 1 aromatic heterocycles. The topological polar surface area (TPSA) is 42.4 Å². The van der Waals surface area contributed by atoms with Gasteiger partial charge in [-0.05, 0) is 79.8 Å². The number of carbonyl (C=O) groups excluding carboxylic acids is 1. The quantitative estimate of drug-likeness (QED) is 0.576. The van der Waals surface area contributed by atoms with Gasteiger partial charge in [0.2, 0.25) is 0 Å². The molecule has 0 radical (unpaired) electrons. The average molecular weight is 419 g/mol. The van der Waals surface area contributed by atoms with Crippen molar-refractivity contribution >= 4 is 5.91 Å². The van der Waals surface area contributed by atoms with Crippen molar-refractivity contribution in [1.29, 1.82) is 0 Å². The van der Waals surface area contributed by atoms with E-state index >= 15 is 0 Å². The summed E-state index contributed by atoms with van der Waals surface area (Å²) in [6.45, 7) is 3.41. The van der Waals surface area contributed by atoms with E-state index in [1.54, 1.807) is 13.2 Å². The first-order chi connectivity index (χ1) is 15.0. The molecule has 0 aliphatic carbocycles. The fourth-order valence-electron chi connectivity index (χ4n) is 4.26. The Balaban J connectivity index is 1.51. The molecule has 1 atom stereocenters. The van der Waals surface area contributed by atoms with Gasteiger partial charge >= 0.3 is 0 Å². The SMILES string of the molecule is COc1cccc(C(=O)N2CCC[C@H](c3cc(Cc4ccc(F)cc4)cc(C)n3)C2)c1. The van der Waals surface area contributed by atoms with E-state index in [0.29, 0.717) is 17.9 Å². The summed E-state index contributed by atoms with van der Waals surface area (Å²) in [5, 5.41) is 0. The minimum Gasteiger partial charge on any atom is -0.497 e. The van der Waals surface area contributed by atoms with Crippen molar-refractivity contribution in [3.05, 3.63) is 94.6 Å². The fraction of sp³-hybridized carbons (Fsp3) is 0.308. The monoisotopic (exact) mass is 418 g/mol. The van der Waals surface area contributed by atoms with E-state index in [1.807, 2.05) is 42.2 Å². The number of halogens is 1. The number of nitrogens with zero attached hydrogens (tertiary/aromatic N) is 2. The third-order valence-corrected chi connectivity index (χ3v) is 5.80. The highest BCUT2D eigenvalue weighted by Gasteiger charge is 2.27. The number of likely N-dealkylation sites (tertiary alicyclic amines) is 1. The molecular weight excluding hydrogens is 391 g/mol. The van der Waals surface area contributed by atoms with Gasteiger partial charge in [-0.1, -0.05) is 18.2 Å². The van der Waals surface area contributed by atoms with Crippen molar-refractivity contribution in [2.75, 3.05) is 20.2 Å². The molecule has 4 rings (SSSR count). The van der Waals surface area contributed by atoms with Gasteiger partial charge in [-0.3, -0.25) is 9.78 Å². The van der Waals surface area contributed by atoms with Gasteiger partial charge in [0, 0.05) is 36.0 Å². The highest BCUT2D eigenvalue weighted by molar-refractivity contribution is 5.94. The molecule has 1 aliphatic heterocycles. The average Bonchev–Trinajstić information content (AvgIpc) is 2.80.